The Labute approximate surface area is 190 Å². The minimum Gasteiger partial charge on any atom is -0.497 e. The van der Waals surface area contributed by atoms with Crippen molar-refractivity contribution in [3.63, 3.8) is 0 Å². The topological polar surface area (TPSA) is 109 Å². The van der Waals surface area contributed by atoms with Crippen molar-refractivity contribution in [2.75, 3.05) is 20.0 Å². The molecule has 8 nitrogen and oxygen atoms in total. The molecule has 3 heterocycles. The molecular formula is C23H24N6O2S. The summed E-state index contributed by atoms with van der Waals surface area (Å²) in [5.74, 6) is 1.95. The minimum atomic E-state index is 0.525. The summed E-state index contributed by atoms with van der Waals surface area (Å²) in [6.07, 6.45) is 7.81. The van der Waals surface area contributed by atoms with Gasteiger partial charge in [-0.15, -0.1) is 11.3 Å². The van der Waals surface area contributed by atoms with Crippen LogP contribution in [0.1, 0.15) is 22.7 Å². The molecule has 0 atom stereocenters. The van der Waals surface area contributed by atoms with Gasteiger partial charge in [0.25, 0.3) is 0 Å². The molecule has 2 N–H and O–H groups in total. The van der Waals surface area contributed by atoms with Crippen LogP contribution in [-0.2, 0) is 12.8 Å². The van der Waals surface area contributed by atoms with E-state index in [1.54, 1.807) is 26.6 Å². The number of aromatic nitrogens is 5. The van der Waals surface area contributed by atoms with Gasteiger partial charge in [0.1, 0.15) is 17.2 Å². The summed E-state index contributed by atoms with van der Waals surface area (Å²) in [4.78, 5) is 23.7. The maximum atomic E-state index is 5.74. The fourth-order valence-electron chi connectivity index (χ4n) is 3.28. The number of ether oxygens (including phenoxy) is 2. The molecule has 0 spiro atoms. The molecule has 0 bridgehead atoms. The number of nitrogens with zero attached hydrogens (tertiary/aromatic N) is 5. The van der Waals surface area contributed by atoms with Crippen LogP contribution < -0.4 is 15.2 Å². The smallest absolute Gasteiger partial charge is 0.180 e. The number of nitrogens with two attached hydrogens (primary N) is 1. The third kappa shape index (κ3) is 5.00. The third-order valence-electron chi connectivity index (χ3n) is 4.90. The first-order valence-corrected chi connectivity index (χ1v) is 11.0. The fraction of sp³-hybridized carbons (Fsp3) is 0.261. The molecule has 164 valence electrons. The van der Waals surface area contributed by atoms with Gasteiger partial charge >= 0.3 is 0 Å². The Morgan fingerprint density at radius 3 is 2.47 bits per heavy atom. The highest BCUT2D eigenvalue weighted by Gasteiger charge is 2.15. The molecule has 3 aromatic heterocycles. The molecule has 0 saturated carbocycles. The maximum absolute atomic E-state index is 5.74. The summed E-state index contributed by atoms with van der Waals surface area (Å²) in [7, 11) is 3.27. The van der Waals surface area contributed by atoms with Gasteiger partial charge in [0.2, 0.25) is 0 Å². The zero-order valence-corrected chi connectivity index (χ0v) is 19.0. The Bertz CT molecular complexity index is 1210. The van der Waals surface area contributed by atoms with Crippen LogP contribution in [0.4, 0.5) is 5.13 Å². The Hall–Kier alpha value is -3.59. The number of thiazole rings is 1. The van der Waals surface area contributed by atoms with Crippen molar-refractivity contribution in [1.29, 1.82) is 0 Å². The van der Waals surface area contributed by atoms with Crippen molar-refractivity contribution in [2.45, 2.75) is 26.2 Å². The molecule has 0 unspecified atom stereocenters. The van der Waals surface area contributed by atoms with E-state index in [0.717, 1.165) is 52.5 Å². The number of benzene rings is 1. The summed E-state index contributed by atoms with van der Waals surface area (Å²) in [6, 6.07) is 7.63. The molecular weight excluding hydrogens is 424 g/mol. The number of hydrogen-bond acceptors (Lipinski definition) is 9. The lowest BCUT2D eigenvalue weighted by atomic mass is 10.1. The molecule has 0 aliphatic heterocycles. The van der Waals surface area contributed by atoms with E-state index in [2.05, 4.69) is 15.0 Å². The highest BCUT2D eigenvalue weighted by Crippen LogP contribution is 2.33. The fourth-order valence-corrected chi connectivity index (χ4v) is 4.01. The van der Waals surface area contributed by atoms with Crippen LogP contribution in [0.25, 0.3) is 22.8 Å². The van der Waals surface area contributed by atoms with Crippen molar-refractivity contribution < 1.29 is 9.47 Å². The van der Waals surface area contributed by atoms with Gasteiger partial charge in [-0.05, 0) is 50.5 Å². The standard InChI is InChI=1S/C23H24N6O2S/c1-14-11-26-20(13-25-14)22-28-15(5-4-6-17-12-27-23(24)32-17)9-19(29-22)18-10-16(30-2)7-8-21(18)31-3/h7-13H,4-6H2,1-3H3,(H2,24,27). The van der Waals surface area contributed by atoms with E-state index in [9.17, 15) is 0 Å². The number of methoxy groups -OCH3 is 2. The van der Waals surface area contributed by atoms with E-state index < -0.39 is 0 Å². The third-order valence-corrected chi connectivity index (χ3v) is 5.79. The molecule has 32 heavy (non-hydrogen) atoms. The quantitative estimate of drug-likeness (QED) is 0.428. The number of anilines is 1. The number of rotatable bonds is 8. The van der Waals surface area contributed by atoms with Crippen molar-refractivity contribution in [2.24, 2.45) is 0 Å². The first-order chi connectivity index (χ1) is 15.6. The normalized spacial score (nSPS) is 10.8. The summed E-state index contributed by atoms with van der Waals surface area (Å²) >= 11 is 1.52. The van der Waals surface area contributed by atoms with Crippen LogP contribution in [0.15, 0.2) is 42.9 Å². The highest BCUT2D eigenvalue weighted by molar-refractivity contribution is 7.15. The van der Waals surface area contributed by atoms with Gasteiger partial charge in [0, 0.05) is 28.5 Å². The van der Waals surface area contributed by atoms with Gasteiger partial charge in [-0.25, -0.2) is 19.9 Å². The van der Waals surface area contributed by atoms with Crippen molar-refractivity contribution in [3.8, 4) is 34.3 Å². The Kier molecular flexibility index (Phi) is 6.55. The largest absolute Gasteiger partial charge is 0.497 e. The van der Waals surface area contributed by atoms with Crippen molar-refractivity contribution >= 4 is 16.5 Å². The van der Waals surface area contributed by atoms with Gasteiger partial charge < -0.3 is 15.2 Å². The summed E-state index contributed by atoms with van der Waals surface area (Å²) < 4.78 is 11.0. The van der Waals surface area contributed by atoms with Gasteiger partial charge in [0.05, 0.1) is 31.8 Å². The average molecular weight is 449 g/mol. The number of hydrogen-bond donors (Lipinski definition) is 1. The number of aryl methyl sites for hydroxylation is 3. The van der Waals surface area contributed by atoms with Gasteiger partial charge in [-0.3, -0.25) is 4.98 Å². The van der Waals surface area contributed by atoms with Crippen molar-refractivity contribution in [1.82, 2.24) is 24.9 Å². The predicted octanol–water partition coefficient (Wildman–Crippen LogP) is 4.14. The van der Waals surface area contributed by atoms with Crippen LogP contribution in [0, 0.1) is 6.92 Å². The maximum Gasteiger partial charge on any atom is 0.180 e. The summed E-state index contributed by atoms with van der Waals surface area (Å²) in [6.45, 7) is 1.90. The summed E-state index contributed by atoms with van der Waals surface area (Å²) in [5.41, 5.74) is 9.68. The van der Waals surface area contributed by atoms with Crippen LogP contribution in [0.5, 0.6) is 11.5 Å². The Balaban J connectivity index is 1.71. The summed E-state index contributed by atoms with van der Waals surface area (Å²) in [5, 5.41) is 0.592. The van der Waals surface area contributed by atoms with E-state index in [4.69, 9.17) is 25.2 Å². The molecule has 0 amide bonds. The highest BCUT2D eigenvalue weighted by atomic mass is 32.1. The van der Waals surface area contributed by atoms with Crippen LogP contribution in [0.2, 0.25) is 0 Å². The second-order valence-electron chi connectivity index (χ2n) is 7.20. The van der Waals surface area contributed by atoms with E-state index in [0.29, 0.717) is 22.4 Å². The SMILES string of the molecule is COc1ccc(OC)c(-c2cc(CCCc3cnc(N)s3)nc(-c3cnc(C)cn3)n2)c1. The lowest BCUT2D eigenvalue weighted by Gasteiger charge is -2.12. The van der Waals surface area contributed by atoms with Crippen LogP contribution in [-0.4, -0.2) is 39.1 Å². The van der Waals surface area contributed by atoms with Crippen LogP contribution >= 0.6 is 11.3 Å². The van der Waals surface area contributed by atoms with Gasteiger partial charge in [0.15, 0.2) is 11.0 Å². The second kappa shape index (κ2) is 9.69. The number of nitrogen functional groups attached to an aromatic ring is 1. The molecule has 0 aliphatic carbocycles. The molecule has 0 radical (unpaired) electrons. The molecule has 0 aliphatic rings. The van der Waals surface area contributed by atoms with E-state index in [-0.39, 0.29) is 0 Å². The van der Waals surface area contributed by atoms with E-state index in [1.165, 1.54) is 11.3 Å². The molecule has 4 rings (SSSR count). The van der Waals surface area contributed by atoms with E-state index in [1.807, 2.05) is 37.4 Å². The Morgan fingerprint density at radius 2 is 1.78 bits per heavy atom. The second-order valence-corrected chi connectivity index (χ2v) is 8.34. The van der Waals surface area contributed by atoms with Gasteiger partial charge in [-0.2, -0.15) is 0 Å². The van der Waals surface area contributed by atoms with Crippen LogP contribution in [0.3, 0.4) is 0 Å². The lowest BCUT2D eigenvalue weighted by Crippen LogP contribution is -2.02. The van der Waals surface area contributed by atoms with Crippen molar-refractivity contribution in [3.05, 3.63) is 59.1 Å². The zero-order chi connectivity index (χ0) is 22.5. The lowest BCUT2D eigenvalue weighted by molar-refractivity contribution is 0.404. The van der Waals surface area contributed by atoms with Gasteiger partial charge in [-0.1, -0.05) is 0 Å². The Morgan fingerprint density at radius 1 is 0.906 bits per heavy atom. The minimum absolute atomic E-state index is 0.525. The average Bonchev–Trinajstić information content (AvgIpc) is 3.23. The first kappa shape index (κ1) is 21.6. The monoisotopic (exact) mass is 448 g/mol. The molecule has 0 fully saturated rings. The zero-order valence-electron chi connectivity index (χ0n) is 18.2. The molecule has 9 heteroatoms. The molecule has 1 aromatic carbocycles. The predicted molar refractivity (Wildman–Crippen MR) is 125 cm³/mol. The molecule has 4 aromatic rings. The first-order valence-electron chi connectivity index (χ1n) is 10.2. The molecule has 0 saturated heterocycles. The van der Waals surface area contributed by atoms with E-state index >= 15 is 0 Å².